The van der Waals surface area contributed by atoms with E-state index in [4.69, 9.17) is 10.8 Å². The second-order valence-corrected chi connectivity index (χ2v) is 3.24. The quantitative estimate of drug-likeness (QED) is 0.768. The fourth-order valence-electron chi connectivity index (χ4n) is 1.73. The maximum Gasteiger partial charge on any atom is 0.335 e. The Morgan fingerprint density at radius 2 is 2.14 bits per heavy atom. The van der Waals surface area contributed by atoms with E-state index in [0.29, 0.717) is 12.1 Å². The average Bonchev–Trinajstić information content (AvgIpc) is 2.16. The fourth-order valence-corrected chi connectivity index (χ4v) is 1.73. The third kappa shape index (κ3) is 1.77. The first kappa shape index (κ1) is 10.7. The van der Waals surface area contributed by atoms with Gasteiger partial charge in [0.1, 0.15) is 0 Å². The summed E-state index contributed by atoms with van der Waals surface area (Å²) in [4.78, 5) is 10.9. The van der Waals surface area contributed by atoms with Crippen LogP contribution < -0.4 is 5.73 Å². The van der Waals surface area contributed by atoms with Crippen LogP contribution >= 0.6 is 0 Å². The zero-order valence-electron chi connectivity index (χ0n) is 8.50. The van der Waals surface area contributed by atoms with Gasteiger partial charge in [0.15, 0.2) is 0 Å². The van der Waals surface area contributed by atoms with Gasteiger partial charge < -0.3 is 10.8 Å². The average molecular weight is 193 g/mol. The molecule has 3 heteroatoms. The van der Waals surface area contributed by atoms with Gasteiger partial charge in [-0.15, -0.1) is 0 Å². The van der Waals surface area contributed by atoms with Crippen molar-refractivity contribution in [2.45, 2.75) is 26.8 Å². The maximum absolute atomic E-state index is 10.9. The zero-order valence-corrected chi connectivity index (χ0v) is 8.50. The van der Waals surface area contributed by atoms with Crippen LogP contribution in [0.15, 0.2) is 12.1 Å². The van der Waals surface area contributed by atoms with Crippen molar-refractivity contribution < 1.29 is 9.90 Å². The van der Waals surface area contributed by atoms with Crippen LogP contribution in [0.25, 0.3) is 0 Å². The van der Waals surface area contributed by atoms with Gasteiger partial charge >= 0.3 is 5.97 Å². The van der Waals surface area contributed by atoms with Crippen LogP contribution in [-0.4, -0.2) is 11.1 Å². The van der Waals surface area contributed by atoms with E-state index in [1.54, 1.807) is 12.1 Å². The molecule has 0 radical (unpaired) electrons. The topological polar surface area (TPSA) is 63.3 Å². The Morgan fingerprint density at radius 1 is 1.50 bits per heavy atom. The molecule has 0 aliphatic heterocycles. The van der Waals surface area contributed by atoms with Crippen molar-refractivity contribution in [2.24, 2.45) is 5.73 Å². The third-order valence-corrected chi connectivity index (χ3v) is 2.50. The van der Waals surface area contributed by atoms with Gasteiger partial charge in [-0.1, -0.05) is 13.0 Å². The predicted molar refractivity (Wildman–Crippen MR) is 55.4 cm³/mol. The minimum atomic E-state index is -0.874. The predicted octanol–water partition coefficient (Wildman–Crippen LogP) is 1.71. The highest BCUT2D eigenvalue weighted by atomic mass is 16.4. The molecule has 0 amide bonds. The highest BCUT2D eigenvalue weighted by Crippen LogP contribution is 2.19. The first-order valence-electron chi connectivity index (χ1n) is 4.66. The van der Waals surface area contributed by atoms with Gasteiger partial charge in [0.25, 0.3) is 0 Å². The molecule has 0 heterocycles. The SMILES string of the molecule is CCc1c(CN)ccc(C(=O)O)c1C. The van der Waals surface area contributed by atoms with Crippen molar-refractivity contribution in [3.63, 3.8) is 0 Å². The van der Waals surface area contributed by atoms with Crippen molar-refractivity contribution in [3.8, 4) is 0 Å². The molecule has 76 valence electrons. The molecule has 0 unspecified atom stereocenters. The first-order chi connectivity index (χ1) is 6.61. The number of carboxylic acid groups (broad SMARTS) is 1. The molecule has 3 nitrogen and oxygen atoms in total. The Labute approximate surface area is 83.6 Å². The summed E-state index contributed by atoms with van der Waals surface area (Å²) in [5.74, 6) is -0.874. The van der Waals surface area contributed by atoms with Crippen LogP contribution in [0.4, 0.5) is 0 Å². The molecule has 1 aromatic rings. The van der Waals surface area contributed by atoms with E-state index >= 15 is 0 Å². The Balaban J connectivity index is 3.34. The number of aromatic carboxylic acids is 1. The number of carbonyl (C=O) groups is 1. The lowest BCUT2D eigenvalue weighted by atomic mass is 9.95. The molecule has 3 N–H and O–H groups in total. The highest BCUT2D eigenvalue weighted by Gasteiger charge is 2.11. The van der Waals surface area contributed by atoms with Gasteiger partial charge in [0, 0.05) is 6.54 Å². The molecule has 0 saturated heterocycles. The molecule has 0 aliphatic carbocycles. The third-order valence-electron chi connectivity index (χ3n) is 2.50. The number of hydrogen-bond donors (Lipinski definition) is 2. The minimum absolute atomic E-state index is 0.374. The summed E-state index contributed by atoms with van der Waals surface area (Å²) in [5, 5.41) is 8.92. The molecule has 1 aromatic carbocycles. The van der Waals surface area contributed by atoms with E-state index < -0.39 is 5.97 Å². The lowest BCUT2D eigenvalue weighted by Gasteiger charge is -2.11. The zero-order chi connectivity index (χ0) is 10.7. The minimum Gasteiger partial charge on any atom is -0.478 e. The number of rotatable bonds is 3. The molecule has 0 saturated carbocycles. The van der Waals surface area contributed by atoms with Gasteiger partial charge in [0.2, 0.25) is 0 Å². The van der Waals surface area contributed by atoms with Gasteiger partial charge in [0.05, 0.1) is 5.56 Å². The summed E-state index contributed by atoms with van der Waals surface area (Å²) in [6.45, 7) is 4.30. The van der Waals surface area contributed by atoms with E-state index in [2.05, 4.69) is 0 Å². The smallest absolute Gasteiger partial charge is 0.335 e. The first-order valence-corrected chi connectivity index (χ1v) is 4.66. The Morgan fingerprint density at radius 3 is 2.57 bits per heavy atom. The second-order valence-electron chi connectivity index (χ2n) is 3.24. The number of benzene rings is 1. The van der Waals surface area contributed by atoms with Crippen LogP contribution in [-0.2, 0) is 13.0 Å². The normalized spacial score (nSPS) is 10.2. The fraction of sp³-hybridized carbons (Fsp3) is 0.364. The summed E-state index contributed by atoms with van der Waals surface area (Å²) < 4.78 is 0. The molecule has 0 fully saturated rings. The van der Waals surface area contributed by atoms with E-state index in [1.807, 2.05) is 13.8 Å². The highest BCUT2D eigenvalue weighted by molar-refractivity contribution is 5.89. The monoisotopic (exact) mass is 193 g/mol. The van der Waals surface area contributed by atoms with Crippen molar-refractivity contribution >= 4 is 5.97 Å². The summed E-state index contributed by atoms with van der Waals surface area (Å²) >= 11 is 0. The molecular formula is C11H15NO2. The largest absolute Gasteiger partial charge is 0.478 e. The lowest BCUT2D eigenvalue weighted by Crippen LogP contribution is -2.08. The number of hydrogen-bond acceptors (Lipinski definition) is 2. The number of nitrogens with two attached hydrogens (primary N) is 1. The summed E-state index contributed by atoms with van der Waals surface area (Å²) in [6.07, 6.45) is 0.819. The van der Waals surface area contributed by atoms with E-state index in [0.717, 1.165) is 23.1 Å². The van der Waals surface area contributed by atoms with Gasteiger partial charge in [-0.05, 0) is 36.1 Å². The van der Waals surface area contributed by atoms with Crippen molar-refractivity contribution in [3.05, 3.63) is 34.4 Å². The van der Waals surface area contributed by atoms with Crippen LogP contribution in [0.2, 0.25) is 0 Å². The Kier molecular flexibility index (Phi) is 3.25. The molecular weight excluding hydrogens is 178 g/mol. The standard InChI is InChI=1S/C11H15NO2/c1-3-9-7(2)10(11(13)14)5-4-8(9)6-12/h4-5H,3,6,12H2,1-2H3,(H,13,14). The van der Waals surface area contributed by atoms with E-state index in [-0.39, 0.29) is 0 Å². The number of carboxylic acids is 1. The van der Waals surface area contributed by atoms with Crippen molar-refractivity contribution in [2.75, 3.05) is 0 Å². The molecule has 0 atom stereocenters. The summed E-state index contributed by atoms with van der Waals surface area (Å²) in [7, 11) is 0. The molecule has 14 heavy (non-hydrogen) atoms. The van der Waals surface area contributed by atoms with E-state index in [9.17, 15) is 4.79 Å². The van der Waals surface area contributed by atoms with Crippen molar-refractivity contribution in [1.29, 1.82) is 0 Å². The van der Waals surface area contributed by atoms with Crippen LogP contribution in [0.3, 0.4) is 0 Å². The second kappa shape index (κ2) is 4.24. The van der Waals surface area contributed by atoms with Gasteiger partial charge in [-0.3, -0.25) is 0 Å². The molecule has 0 aliphatic rings. The summed E-state index contributed by atoms with van der Waals surface area (Å²) in [5.41, 5.74) is 8.88. The molecule has 0 bridgehead atoms. The van der Waals surface area contributed by atoms with Crippen molar-refractivity contribution in [1.82, 2.24) is 0 Å². The molecule has 0 aromatic heterocycles. The molecule has 0 spiro atoms. The summed E-state index contributed by atoms with van der Waals surface area (Å²) in [6, 6.07) is 3.42. The van der Waals surface area contributed by atoms with Crippen LogP contribution in [0.1, 0.15) is 34.0 Å². The Hall–Kier alpha value is -1.35. The van der Waals surface area contributed by atoms with E-state index in [1.165, 1.54) is 0 Å². The van der Waals surface area contributed by atoms with Crippen LogP contribution in [0.5, 0.6) is 0 Å². The lowest BCUT2D eigenvalue weighted by molar-refractivity contribution is 0.0696. The van der Waals surface area contributed by atoms with Gasteiger partial charge in [-0.2, -0.15) is 0 Å². The maximum atomic E-state index is 10.9. The van der Waals surface area contributed by atoms with Gasteiger partial charge in [-0.25, -0.2) is 4.79 Å². The Bertz CT molecular complexity index is 359. The van der Waals surface area contributed by atoms with Crippen LogP contribution in [0, 0.1) is 6.92 Å². The molecule has 1 rings (SSSR count).